The third kappa shape index (κ3) is 4.30. The molecule has 5 heteroatoms. The van der Waals surface area contributed by atoms with Crippen LogP contribution in [0.2, 0.25) is 0 Å². The van der Waals surface area contributed by atoms with E-state index in [1.165, 1.54) is 0 Å². The van der Waals surface area contributed by atoms with Gasteiger partial charge in [-0.3, -0.25) is 9.78 Å². The molecular weight excluding hydrogens is 216 g/mol. The second-order valence-electron chi connectivity index (χ2n) is 4.33. The number of rotatable bonds is 5. The van der Waals surface area contributed by atoms with Gasteiger partial charge >= 0.3 is 0 Å². The number of nitrogens with one attached hydrogen (secondary N) is 1. The van der Waals surface area contributed by atoms with E-state index < -0.39 is 0 Å². The smallest absolute Gasteiger partial charge is 0.221 e. The lowest BCUT2D eigenvalue weighted by atomic mass is 10.3. The molecule has 0 aliphatic rings. The Morgan fingerprint density at radius 1 is 1.59 bits per heavy atom. The van der Waals surface area contributed by atoms with E-state index in [4.69, 9.17) is 5.73 Å². The highest BCUT2D eigenvalue weighted by Crippen LogP contribution is 2.19. The van der Waals surface area contributed by atoms with Gasteiger partial charge in [0.05, 0.1) is 17.6 Å². The predicted octanol–water partition coefficient (Wildman–Crippen LogP) is 1.01. The van der Waals surface area contributed by atoms with Crippen molar-refractivity contribution in [2.24, 2.45) is 0 Å². The number of pyridine rings is 1. The minimum atomic E-state index is 0.0551. The molecule has 0 fully saturated rings. The zero-order valence-corrected chi connectivity index (χ0v) is 10.6. The minimum absolute atomic E-state index is 0.0551. The second kappa shape index (κ2) is 6.08. The van der Waals surface area contributed by atoms with Crippen LogP contribution in [0.25, 0.3) is 0 Å². The Morgan fingerprint density at radius 3 is 2.88 bits per heavy atom. The fourth-order valence-electron chi connectivity index (χ4n) is 1.53. The summed E-state index contributed by atoms with van der Waals surface area (Å²) >= 11 is 0. The van der Waals surface area contributed by atoms with Gasteiger partial charge in [0.15, 0.2) is 0 Å². The van der Waals surface area contributed by atoms with E-state index in [2.05, 4.69) is 10.3 Å². The normalized spacial score (nSPS) is 10.4. The van der Waals surface area contributed by atoms with E-state index in [0.29, 0.717) is 18.7 Å². The van der Waals surface area contributed by atoms with Crippen molar-refractivity contribution in [2.45, 2.75) is 26.3 Å². The van der Waals surface area contributed by atoms with Crippen LogP contribution < -0.4 is 16.0 Å². The highest BCUT2D eigenvalue weighted by atomic mass is 16.1. The van der Waals surface area contributed by atoms with Crippen molar-refractivity contribution in [3.8, 4) is 0 Å². The van der Waals surface area contributed by atoms with Crippen LogP contribution in [-0.4, -0.2) is 30.5 Å². The molecule has 5 nitrogen and oxygen atoms in total. The molecule has 1 rings (SSSR count). The quantitative estimate of drug-likeness (QED) is 0.800. The first kappa shape index (κ1) is 13.3. The highest BCUT2D eigenvalue weighted by Gasteiger charge is 2.08. The summed E-state index contributed by atoms with van der Waals surface area (Å²) in [6.07, 6.45) is 3.76. The van der Waals surface area contributed by atoms with Gasteiger partial charge in [-0.05, 0) is 19.9 Å². The lowest BCUT2D eigenvalue weighted by Gasteiger charge is -2.20. The van der Waals surface area contributed by atoms with Crippen LogP contribution in [0.4, 0.5) is 11.4 Å². The van der Waals surface area contributed by atoms with Crippen LogP contribution in [0.1, 0.15) is 20.3 Å². The van der Waals surface area contributed by atoms with Crippen LogP contribution in [0, 0.1) is 0 Å². The van der Waals surface area contributed by atoms with Gasteiger partial charge in [-0.25, -0.2) is 0 Å². The number of anilines is 2. The van der Waals surface area contributed by atoms with E-state index in [1.807, 2.05) is 31.9 Å². The van der Waals surface area contributed by atoms with Crippen LogP contribution in [0.15, 0.2) is 18.5 Å². The lowest BCUT2D eigenvalue weighted by molar-refractivity contribution is -0.121. The molecule has 0 unspecified atom stereocenters. The average molecular weight is 236 g/mol. The number of carbonyl (C=O) groups is 1. The molecule has 17 heavy (non-hydrogen) atoms. The highest BCUT2D eigenvalue weighted by molar-refractivity contribution is 5.77. The molecule has 0 aliphatic heterocycles. The number of aromatic nitrogens is 1. The summed E-state index contributed by atoms with van der Waals surface area (Å²) in [4.78, 5) is 17.4. The lowest BCUT2D eigenvalue weighted by Crippen LogP contribution is -2.33. The van der Waals surface area contributed by atoms with Crippen molar-refractivity contribution in [3.63, 3.8) is 0 Å². The first-order valence-electron chi connectivity index (χ1n) is 5.70. The number of carbonyl (C=O) groups excluding carboxylic acids is 1. The number of hydrogen-bond acceptors (Lipinski definition) is 4. The number of nitrogens with zero attached hydrogens (tertiary/aromatic N) is 2. The molecule has 1 amide bonds. The van der Waals surface area contributed by atoms with Gasteiger partial charge in [-0.15, -0.1) is 0 Å². The van der Waals surface area contributed by atoms with Gasteiger partial charge in [-0.2, -0.15) is 0 Å². The maximum Gasteiger partial charge on any atom is 0.221 e. The van der Waals surface area contributed by atoms with Crippen LogP contribution in [0.3, 0.4) is 0 Å². The first-order valence-corrected chi connectivity index (χ1v) is 5.70. The largest absolute Gasteiger partial charge is 0.396 e. The Balaban J connectivity index is 2.48. The number of amides is 1. The van der Waals surface area contributed by atoms with Crippen LogP contribution in [0.5, 0.6) is 0 Å². The van der Waals surface area contributed by atoms with Gasteiger partial charge in [0.2, 0.25) is 5.91 Å². The van der Waals surface area contributed by atoms with Gasteiger partial charge in [0, 0.05) is 32.3 Å². The summed E-state index contributed by atoms with van der Waals surface area (Å²) < 4.78 is 0. The monoisotopic (exact) mass is 236 g/mol. The maximum atomic E-state index is 11.5. The molecule has 1 aromatic rings. The van der Waals surface area contributed by atoms with Crippen molar-refractivity contribution >= 4 is 17.3 Å². The fourth-order valence-corrected chi connectivity index (χ4v) is 1.53. The molecule has 1 aromatic heterocycles. The van der Waals surface area contributed by atoms with Crippen molar-refractivity contribution in [3.05, 3.63) is 18.5 Å². The number of nitrogens with two attached hydrogens (primary N) is 1. The summed E-state index contributed by atoms with van der Waals surface area (Å²) in [5, 5.41) is 2.85. The fraction of sp³-hybridized carbons (Fsp3) is 0.500. The molecule has 0 atom stereocenters. The molecule has 0 aliphatic carbocycles. The van der Waals surface area contributed by atoms with E-state index in [-0.39, 0.29) is 11.9 Å². The number of hydrogen-bond donors (Lipinski definition) is 2. The van der Waals surface area contributed by atoms with Gasteiger partial charge in [-0.1, -0.05) is 0 Å². The molecule has 0 aromatic carbocycles. The molecule has 0 saturated carbocycles. The summed E-state index contributed by atoms with van der Waals surface area (Å²) in [6.45, 7) is 4.53. The molecule has 0 radical (unpaired) electrons. The molecule has 1 heterocycles. The van der Waals surface area contributed by atoms with Crippen molar-refractivity contribution in [2.75, 3.05) is 24.2 Å². The molecule has 0 saturated heterocycles. The van der Waals surface area contributed by atoms with Crippen LogP contribution >= 0.6 is 0 Å². The van der Waals surface area contributed by atoms with E-state index in [9.17, 15) is 4.79 Å². The third-order valence-corrected chi connectivity index (χ3v) is 2.36. The minimum Gasteiger partial charge on any atom is -0.396 e. The molecular formula is C12H20N4O. The second-order valence-corrected chi connectivity index (χ2v) is 4.33. The maximum absolute atomic E-state index is 11.5. The standard InChI is InChI=1S/C12H20N4O/c1-9(2)15-12(17)5-7-16(3)11-4-6-14-8-10(11)13/h4,6,8-9H,5,7,13H2,1-3H3,(H,15,17). The van der Waals surface area contributed by atoms with Gasteiger partial charge in [0.25, 0.3) is 0 Å². The SMILES string of the molecule is CC(C)NC(=O)CCN(C)c1ccncc1N. The van der Waals surface area contributed by atoms with Crippen molar-refractivity contribution < 1.29 is 4.79 Å². The van der Waals surface area contributed by atoms with E-state index in [1.54, 1.807) is 12.4 Å². The Labute approximate surface area is 102 Å². The molecule has 0 bridgehead atoms. The topological polar surface area (TPSA) is 71.2 Å². The number of nitrogen functional groups attached to an aromatic ring is 1. The molecule has 0 spiro atoms. The van der Waals surface area contributed by atoms with Crippen LogP contribution in [-0.2, 0) is 4.79 Å². The summed E-state index contributed by atoms with van der Waals surface area (Å²) in [5.74, 6) is 0.0551. The Hall–Kier alpha value is -1.78. The van der Waals surface area contributed by atoms with Gasteiger partial charge in [0.1, 0.15) is 0 Å². The zero-order chi connectivity index (χ0) is 12.8. The van der Waals surface area contributed by atoms with E-state index in [0.717, 1.165) is 5.69 Å². The van der Waals surface area contributed by atoms with Crippen molar-refractivity contribution in [1.82, 2.24) is 10.3 Å². The average Bonchev–Trinajstić information content (AvgIpc) is 2.25. The van der Waals surface area contributed by atoms with Crippen molar-refractivity contribution in [1.29, 1.82) is 0 Å². The summed E-state index contributed by atoms with van der Waals surface area (Å²) in [5.41, 5.74) is 7.33. The Kier molecular flexibility index (Phi) is 4.75. The molecule has 94 valence electrons. The first-order chi connectivity index (χ1) is 8.00. The molecule has 3 N–H and O–H groups in total. The summed E-state index contributed by atoms with van der Waals surface area (Å²) in [7, 11) is 1.91. The Morgan fingerprint density at radius 2 is 2.29 bits per heavy atom. The zero-order valence-electron chi connectivity index (χ0n) is 10.6. The van der Waals surface area contributed by atoms with Gasteiger partial charge < -0.3 is 16.0 Å². The summed E-state index contributed by atoms with van der Waals surface area (Å²) in [6, 6.07) is 2.02. The predicted molar refractivity (Wildman–Crippen MR) is 69.8 cm³/mol. The van der Waals surface area contributed by atoms with E-state index >= 15 is 0 Å². The third-order valence-electron chi connectivity index (χ3n) is 2.36. The Bertz CT molecular complexity index is 379.